The van der Waals surface area contributed by atoms with E-state index in [-0.39, 0.29) is 15.6 Å². The van der Waals surface area contributed by atoms with Crippen LogP contribution in [0.1, 0.15) is 25.7 Å². The van der Waals surface area contributed by atoms with Crippen LogP contribution in [0.15, 0.2) is 28.7 Å². The van der Waals surface area contributed by atoms with Crippen LogP contribution in [0.4, 0.5) is 10.1 Å². The van der Waals surface area contributed by atoms with E-state index in [0.29, 0.717) is 13.0 Å². The fourth-order valence-corrected chi connectivity index (χ4v) is 3.72. The maximum atomic E-state index is 13.2. The van der Waals surface area contributed by atoms with Crippen LogP contribution in [-0.4, -0.2) is 15.0 Å². The number of halogens is 2. The Labute approximate surface area is 122 Å². The van der Waals surface area contributed by atoms with Gasteiger partial charge in [-0.1, -0.05) is 23.3 Å². The van der Waals surface area contributed by atoms with E-state index in [4.69, 9.17) is 17.3 Å². The lowest BCUT2D eigenvalue weighted by Gasteiger charge is -2.10. The zero-order chi connectivity index (χ0) is 14.8. The summed E-state index contributed by atoms with van der Waals surface area (Å²) >= 11 is 5.77. The molecule has 4 nitrogen and oxygen atoms in total. The van der Waals surface area contributed by atoms with Crippen LogP contribution in [0.5, 0.6) is 0 Å². The van der Waals surface area contributed by atoms with Gasteiger partial charge in [0, 0.05) is 6.54 Å². The van der Waals surface area contributed by atoms with Crippen LogP contribution in [-0.2, 0) is 10.0 Å². The van der Waals surface area contributed by atoms with E-state index in [1.54, 1.807) is 0 Å². The smallest absolute Gasteiger partial charge is 0.242 e. The summed E-state index contributed by atoms with van der Waals surface area (Å²) in [5.41, 5.74) is 6.40. The number of anilines is 1. The van der Waals surface area contributed by atoms with Crippen molar-refractivity contribution in [2.75, 3.05) is 12.3 Å². The van der Waals surface area contributed by atoms with Crippen LogP contribution < -0.4 is 10.5 Å². The van der Waals surface area contributed by atoms with Gasteiger partial charge in [-0.3, -0.25) is 0 Å². The molecular formula is C13H16ClFN2O2S. The summed E-state index contributed by atoms with van der Waals surface area (Å²) in [7, 11) is -3.78. The number of nitrogens with one attached hydrogen (secondary N) is 1. The highest BCUT2D eigenvalue weighted by atomic mass is 35.5. The number of allylic oxidation sites excluding steroid dienone is 1. The average molecular weight is 319 g/mol. The molecule has 20 heavy (non-hydrogen) atoms. The topological polar surface area (TPSA) is 72.2 Å². The van der Waals surface area contributed by atoms with Crippen molar-refractivity contribution in [3.63, 3.8) is 0 Å². The molecule has 7 heteroatoms. The molecule has 110 valence electrons. The van der Waals surface area contributed by atoms with Crippen molar-refractivity contribution < 1.29 is 12.8 Å². The highest BCUT2D eigenvalue weighted by Gasteiger charge is 2.20. The van der Waals surface area contributed by atoms with Gasteiger partial charge in [0.05, 0.1) is 10.7 Å². The van der Waals surface area contributed by atoms with Crippen LogP contribution in [0.25, 0.3) is 0 Å². The van der Waals surface area contributed by atoms with E-state index in [1.165, 1.54) is 5.57 Å². The summed E-state index contributed by atoms with van der Waals surface area (Å²) in [6.07, 6.45) is 6.02. The summed E-state index contributed by atoms with van der Waals surface area (Å²) in [5, 5.41) is -0.177. The van der Waals surface area contributed by atoms with Gasteiger partial charge in [-0.05, 0) is 37.8 Å². The first-order valence-electron chi connectivity index (χ1n) is 6.32. The lowest BCUT2D eigenvalue weighted by molar-refractivity contribution is 0.580. The predicted molar refractivity (Wildman–Crippen MR) is 77.6 cm³/mol. The van der Waals surface area contributed by atoms with Gasteiger partial charge in [-0.25, -0.2) is 17.5 Å². The van der Waals surface area contributed by atoms with Crippen molar-refractivity contribution in [3.05, 3.63) is 34.6 Å². The van der Waals surface area contributed by atoms with Gasteiger partial charge >= 0.3 is 0 Å². The molecule has 0 bridgehead atoms. The minimum Gasteiger partial charge on any atom is -0.396 e. The molecule has 1 aromatic carbocycles. The van der Waals surface area contributed by atoms with E-state index >= 15 is 0 Å². The van der Waals surface area contributed by atoms with Gasteiger partial charge < -0.3 is 5.73 Å². The molecule has 2 rings (SSSR count). The number of sulfonamides is 1. The third kappa shape index (κ3) is 3.50. The molecule has 0 saturated carbocycles. The first kappa shape index (κ1) is 15.3. The van der Waals surface area contributed by atoms with Crippen molar-refractivity contribution in [2.45, 2.75) is 30.6 Å². The minimum absolute atomic E-state index is 0.177. The summed E-state index contributed by atoms with van der Waals surface area (Å²) in [6, 6.07) is 1.94. The number of benzene rings is 1. The zero-order valence-electron chi connectivity index (χ0n) is 10.8. The van der Waals surface area contributed by atoms with E-state index in [2.05, 4.69) is 10.8 Å². The number of hydrogen-bond acceptors (Lipinski definition) is 3. The Morgan fingerprint density at radius 1 is 1.40 bits per heavy atom. The first-order valence-corrected chi connectivity index (χ1v) is 8.18. The van der Waals surface area contributed by atoms with Gasteiger partial charge in [0.25, 0.3) is 0 Å². The Morgan fingerprint density at radius 2 is 2.15 bits per heavy atom. The summed E-state index contributed by atoms with van der Waals surface area (Å²) in [6.45, 7) is 0.293. The van der Waals surface area contributed by atoms with Crippen molar-refractivity contribution >= 4 is 27.3 Å². The van der Waals surface area contributed by atoms with Crippen LogP contribution >= 0.6 is 11.6 Å². The highest BCUT2D eigenvalue weighted by Crippen LogP contribution is 2.26. The SMILES string of the molecule is Nc1cc(S(=O)(=O)NCCC2=CCCC2)c(Cl)cc1F. The molecule has 0 fully saturated rings. The third-order valence-electron chi connectivity index (χ3n) is 3.21. The van der Waals surface area contributed by atoms with Crippen molar-refractivity contribution in [3.8, 4) is 0 Å². The molecule has 0 atom stereocenters. The van der Waals surface area contributed by atoms with Crippen molar-refractivity contribution in [1.82, 2.24) is 4.72 Å². The second-order valence-electron chi connectivity index (χ2n) is 4.71. The fourth-order valence-electron chi connectivity index (χ4n) is 2.14. The Morgan fingerprint density at radius 3 is 2.80 bits per heavy atom. The van der Waals surface area contributed by atoms with Crippen LogP contribution in [0.3, 0.4) is 0 Å². The molecule has 0 spiro atoms. The fraction of sp³-hybridized carbons (Fsp3) is 0.385. The molecule has 3 N–H and O–H groups in total. The molecule has 1 aromatic rings. The molecule has 0 aliphatic heterocycles. The molecule has 1 aliphatic carbocycles. The van der Waals surface area contributed by atoms with E-state index in [0.717, 1.165) is 31.4 Å². The predicted octanol–water partition coefficient (Wildman–Crippen LogP) is 2.84. The normalized spacial score (nSPS) is 15.4. The van der Waals surface area contributed by atoms with Gasteiger partial charge in [-0.2, -0.15) is 0 Å². The second kappa shape index (κ2) is 6.11. The Hall–Kier alpha value is -1.11. The molecule has 0 amide bonds. The summed E-state index contributed by atoms with van der Waals surface area (Å²) < 4.78 is 39.8. The molecule has 0 heterocycles. The lowest BCUT2D eigenvalue weighted by Crippen LogP contribution is -2.25. The standard InChI is InChI=1S/C13H16ClFN2O2S/c14-10-7-11(15)12(16)8-13(10)20(18,19)17-6-5-9-3-1-2-4-9/h3,7-8,17H,1-2,4-6,16H2. The van der Waals surface area contributed by atoms with Crippen LogP contribution in [0, 0.1) is 5.82 Å². The first-order chi connectivity index (χ1) is 9.40. The quantitative estimate of drug-likeness (QED) is 0.647. The monoisotopic (exact) mass is 318 g/mol. The molecule has 0 aromatic heterocycles. The highest BCUT2D eigenvalue weighted by molar-refractivity contribution is 7.89. The Bertz CT molecular complexity index is 644. The molecule has 0 saturated heterocycles. The maximum Gasteiger partial charge on any atom is 0.242 e. The van der Waals surface area contributed by atoms with Crippen LogP contribution in [0.2, 0.25) is 5.02 Å². The van der Waals surface area contributed by atoms with E-state index < -0.39 is 15.8 Å². The van der Waals surface area contributed by atoms with Gasteiger partial charge in [0.2, 0.25) is 10.0 Å². The number of nitrogen functional groups attached to an aromatic ring is 1. The maximum absolute atomic E-state index is 13.2. The Balaban J connectivity index is 2.08. The van der Waals surface area contributed by atoms with Crippen molar-refractivity contribution in [1.29, 1.82) is 0 Å². The lowest BCUT2D eigenvalue weighted by atomic mass is 10.2. The number of nitrogens with two attached hydrogens (primary N) is 1. The second-order valence-corrected chi connectivity index (χ2v) is 6.85. The molecular weight excluding hydrogens is 303 g/mol. The zero-order valence-corrected chi connectivity index (χ0v) is 12.4. The van der Waals surface area contributed by atoms with Gasteiger partial charge in [0.15, 0.2) is 0 Å². The largest absolute Gasteiger partial charge is 0.396 e. The number of rotatable bonds is 5. The third-order valence-corrected chi connectivity index (χ3v) is 5.14. The Kier molecular flexibility index (Phi) is 4.67. The molecule has 0 radical (unpaired) electrons. The average Bonchev–Trinajstić information content (AvgIpc) is 2.86. The van der Waals surface area contributed by atoms with Gasteiger partial charge in [-0.15, -0.1) is 0 Å². The van der Waals surface area contributed by atoms with Gasteiger partial charge in [0.1, 0.15) is 10.7 Å². The van der Waals surface area contributed by atoms with E-state index in [9.17, 15) is 12.8 Å². The molecule has 0 unspecified atom stereocenters. The van der Waals surface area contributed by atoms with E-state index in [1.807, 2.05) is 0 Å². The summed E-state index contributed by atoms with van der Waals surface area (Å²) in [5.74, 6) is -0.731. The number of hydrogen-bond donors (Lipinski definition) is 2. The molecule has 1 aliphatic rings. The minimum atomic E-state index is -3.78. The van der Waals surface area contributed by atoms with Crippen molar-refractivity contribution in [2.24, 2.45) is 0 Å². The summed E-state index contributed by atoms with van der Waals surface area (Å²) in [4.78, 5) is -0.196.